The first-order valence-corrected chi connectivity index (χ1v) is 26.8. The van der Waals surface area contributed by atoms with Gasteiger partial charge in [0.25, 0.3) is 6.47 Å². The van der Waals surface area contributed by atoms with E-state index in [9.17, 15) is 18.3 Å². The van der Waals surface area contributed by atoms with Crippen LogP contribution in [-0.2, 0) is 29.3 Å². The monoisotopic (exact) mass is 1330 g/mol. The van der Waals surface area contributed by atoms with Crippen molar-refractivity contribution in [2.45, 2.75) is 81.4 Å². The molecule has 0 aliphatic carbocycles. The van der Waals surface area contributed by atoms with Gasteiger partial charge in [-0.2, -0.15) is 41.6 Å². The number of benzene rings is 3. The number of anilines is 5. The number of phenols is 2. The molecule has 92 heavy (non-hydrogen) atoms. The zero-order chi connectivity index (χ0) is 66.6. The molecule has 0 spiro atoms. The Morgan fingerprint density at radius 1 is 0.630 bits per heavy atom. The van der Waals surface area contributed by atoms with Crippen molar-refractivity contribution in [3.63, 3.8) is 0 Å². The number of nitrogens with zero attached hydrogens (tertiary/aromatic N) is 17. The molecule has 6 aromatic heterocycles. The molecule has 0 aliphatic heterocycles. The number of ether oxygens (including phenoxy) is 1. The maximum Gasteiger partial charge on any atom is 1.00 e. The van der Waals surface area contributed by atoms with Gasteiger partial charge in [-0.3, -0.25) is 18.8 Å². The van der Waals surface area contributed by atoms with Crippen molar-refractivity contribution in [1.82, 2.24) is 59.2 Å². The van der Waals surface area contributed by atoms with Crippen LogP contribution in [0.1, 0.15) is 59.2 Å². The second kappa shape index (κ2) is 39.7. The molecule has 0 bridgehead atoms. The molecule has 6 N–H and O–H groups in total. The predicted molar refractivity (Wildman–Crippen MR) is 322 cm³/mol. The largest absolute Gasteiger partial charge is 1.00 e. The van der Waals surface area contributed by atoms with Gasteiger partial charge in [0, 0.05) is 53.9 Å². The van der Waals surface area contributed by atoms with Crippen LogP contribution < -0.4 is 129 Å². The summed E-state index contributed by atoms with van der Waals surface area (Å²) in [5, 5.41) is 87.7. The molecule has 32 heteroatoms. The molecule has 0 amide bonds. The van der Waals surface area contributed by atoms with E-state index in [0.717, 1.165) is 23.1 Å². The topological polar surface area (TPSA) is 399 Å². The van der Waals surface area contributed by atoms with Crippen molar-refractivity contribution >= 4 is 47.0 Å². The quantitative estimate of drug-likeness (QED) is 0.0316. The number of carbonyl (C=O) groups is 1. The van der Waals surface area contributed by atoms with Crippen LogP contribution in [0.5, 0.6) is 17.2 Å². The van der Waals surface area contributed by atoms with E-state index in [-0.39, 0.29) is 159 Å². The molecule has 0 saturated carbocycles. The van der Waals surface area contributed by atoms with Gasteiger partial charge >= 0.3 is 103 Å². The summed E-state index contributed by atoms with van der Waals surface area (Å²) in [6.07, 6.45) is 15.3. The Labute approximate surface area is 619 Å². The third kappa shape index (κ3) is 26.4. The first-order valence-electron chi connectivity index (χ1n) is 26.4. The van der Waals surface area contributed by atoms with Crippen molar-refractivity contribution in [1.29, 1.82) is 26.3 Å². The van der Waals surface area contributed by atoms with Crippen LogP contribution >= 0.6 is 11.6 Å². The molecule has 6 heterocycles. The average Bonchev–Trinajstić information content (AvgIpc) is 1.47. The second-order valence-electron chi connectivity index (χ2n) is 20.0. The van der Waals surface area contributed by atoms with E-state index in [4.69, 9.17) is 63.5 Å². The van der Waals surface area contributed by atoms with Crippen LogP contribution in [0.15, 0.2) is 110 Å². The first kappa shape index (κ1) is 79.7. The van der Waals surface area contributed by atoms with Gasteiger partial charge in [-0.1, -0.05) is 6.92 Å². The number of hydrogen-bond acceptors (Lipinski definition) is 23. The molecule has 3 aromatic carbocycles. The summed E-state index contributed by atoms with van der Waals surface area (Å²) in [5.74, 6) is -2.01. The number of nitrogens with two attached hydrogens (primary N) is 1. The number of nitrogens with one attached hydrogen (secondary N) is 2. The predicted octanol–water partition coefficient (Wildman–Crippen LogP) is 4.18. The van der Waals surface area contributed by atoms with Crippen molar-refractivity contribution in [2.24, 2.45) is 10.8 Å². The minimum Gasteiger partial charge on any atom is -1.00 e. The third-order valence-electron chi connectivity index (χ3n) is 11.8. The fourth-order valence-corrected chi connectivity index (χ4v) is 6.85. The van der Waals surface area contributed by atoms with E-state index in [2.05, 4.69) is 72.9 Å². The third-order valence-corrected chi connectivity index (χ3v) is 12.0. The number of hydrogen-bond donors (Lipinski definition) is 5. The first-order chi connectivity index (χ1) is 42.8. The van der Waals surface area contributed by atoms with Gasteiger partial charge < -0.3 is 42.9 Å². The van der Waals surface area contributed by atoms with E-state index in [0.29, 0.717) is 62.7 Å². The second-order valence-corrected chi connectivity index (χ2v) is 20.3. The van der Waals surface area contributed by atoms with Gasteiger partial charge in [-0.15, -0.1) is 0 Å². The Balaban J connectivity index is 0.000000612. The Kier molecular flexibility index (Phi) is 34.4. The van der Waals surface area contributed by atoms with Crippen LogP contribution in [0.3, 0.4) is 0 Å². The van der Waals surface area contributed by atoms with E-state index < -0.39 is 28.6 Å². The van der Waals surface area contributed by atoms with Gasteiger partial charge in [-0.05, 0) is 138 Å². The number of nitriles is 5. The molecular formula is C60H60ClF3K2N20O6. The van der Waals surface area contributed by atoms with Crippen LogP contribution in [0.4, 0.5) is 42.1 Å². The Morgan fingerprint density at radius 2 is 1.02 bits per heavy atom. The number of halogens is 4. The standard InChI is InChI=1S/C21H20FN7O.C16H13FN6O.C11H8ClFN2O.C6H11N.C5H6N4.CH2O3.2K.H/c1-14-9-25-20(27-16-10-26-29(11-16)7-6-23)28-19(14)15-4-5-18(17(22)8-15)30-13-21(2,3)12-24;1-10-7-19-16(21-12-8-20-23(9-12)5-4-18)22-15(10)11-2-3-14(24)13(17)6-11;1-6-5-14-11(12)15-10(6)7-2-3-9(16)8(13)4-7;1-4-6(2,3)5-7;6-1-2-9-4-5(7)3-8-9;2-1-4-3;;;/h4-5,8-11H,7,13H2,1-3H3,(H,25,27,28);2-3,6-9,24H,5H2,1H3,(H,19,21,22);2-5,16H,1H3;4H2,1-3H3;3-4H,2,7H2;1,3H;;;/q;;;;;;2*+1;-1/p-1. The van der Waals surface area contributed by atoms with Gasteiger partial charge in [0.05, 0.1) is 93.9 Å². The van der Waals surface area contributed by atoms with Crippen LogP contribution in [-0.4, -0.2) is 82.5 Å². The number of phenolic OH excluding ortho intramolecular Hbond substituents is 2. The smallest absolute Gasteiger partial charge is 1.00 e. The number of aromatic hydroxyl groups is 2. The van der Waals surface area contributed by atoms with Crippen molar-refractivity contribution in [3.05, 3.63) is 150 Å². The summed E-state index contributed by atoms with van der Waals surface area (Å²) in [6, 6.07) is 23.0. The maximum absolute atomic E-state index is 14.6. The number of carbonyl (C=O) groups excluding carboxylic acids is 1. The van der Waals surface area contributed by atoms with Gasteiger partial charge in [-0.25, -0.2) is 43.1 Å². The summed E-state index contributed by atoms with van der Waals surface area (Å²) < 4.78 is 51.2. The zero-order valence-corrected chi connectivity index (χ0v) is 58.7. The molecule has 9 rings (SSSR count). The molecule has 0 saturated heterocycles. The Morgan fingerprint density at radius 3 is 1.38 bits per heavy atom. The molecule has 26 nitrogen and oxygen atoms in total. The zero-order valence-electron chi connectivity index (χ0n) is 52.7. The van der Waals surface area contributed by atoms with E-state index >= 15 is 0 Å². The fourth-order valence-electron chi connectivity index (χ4n) is 6.72. The number of aryl methyl sites for hydroxylation is 3. The normalized spacial score (nSPS) is 9.96. The molecule has 0 aliphatic rings. The van der Waals surface area contributed by atoms with Crippen molar-refractivity contribution in [3.8, 4) is 81.4 Å². The summed E-state index contributed by atoms with van der Waals surface area (Å²) >= 11 is 5.67. The fraction of sp³-hybridized carbons (Fsp3) is 0.250. The van der Waals surface area contributed by atoms with Crippen LogP contribution in [0, 0.1) is 106 Å². The van der Waals surface area contributed by atoms with Gasteiger partial charge in [0.15, 0.2) is 34.7 Å². The van der Waals surface area contributed by atoms with Crippen LogP contribution in [0.2, 0.25) is 5.28 Å². The minimum atomic E-state index is -0.712. The summed E-state index contributed by atoms with van der Waals surface area (Å²) in [7, 11) is 0. The summed E-state index contributed by atoms with van der Waals surface area (Å²) in [4.78, 5) is 36.4. The maximum atomic E-state index is 14.6. The number of rotatable bonds is 15. The number of nitrogen functional groups attached to an aromatic ring is 1. The Bertz CT molecular complexity index is 4110. The van der Waals surface area contributed by atoms with Crippen molar-refractivity contribution < 1.29 is 147 Å². The average molecular weight is 1330 g/mol. The van der Waals surface area contributed by atoms with E-state index in [1.165, 1.54) is 56.6 Å². The van der Waals surface area contributed by atoms with Crippen LogP contribution in [0.25, 0.3) is 33.8 Å². The van der Waals surface area contributed by atoms with Gasteiger partial charge in [0.2, 0.25) is 17.2 Å². The summed E-state index contributed by atoms with van der Waals surface area (Å²) in [6.45, 7) is 15.2. The van der Waals surface area contributed by atoms with Gasteiger partial charge in [0.1, 0.15) is 26.2 Å². The number of aromatic nitrogens is 12. The molecular weight excluding hydrogens is 1270 g/mol. The molecule has 0 unspecified atom stereocenters. The van der Waals surface area contributed by atoms with Crippen molar-refractivity contribution in [2.75, 3.05) is 23.0 Å². The summed E-state index contributed by atoms with van der Waals surface area (Å²) in [5.41, 5.74) is 12.0. The minimum absolute atomic E-state index is 0. The molecule has 0 fully saturated rings. The van der Waals surface area contributed by atoms with E-state index in [1.54, 1.807) is 88.5 Å². The Hall–Kier alpha value is -8.44. The molecule has 0 atom stereocenters. The van der Waals surface area contributed by atoms with E-state index in [1.807, 2.05) is 52.8 Å². The SMILES string of the molecule is CCC(C)(C)C#N.Cc1cnc(Cl)nc1-c1ccc(O)c(F)c1.Cc1cnc(Nc2cnn(CC#N)c2)nc1-c1ccc(O)c(F)c1.Cc1cnc(Nc2cnn(CC#N)c2)nc1-c1ccc(OCC(C)(C)C#N)c(F)c1.N#CCn1cc(N)cn1.O=CO[O-].[H-].[K+].[K+]. The molecule has 466 valence electrons. The molecule has 0 radical (unpaired) electrons. The molecule has 9 aromatic rings.